The Balaban J connectivity index is 2.43. The summed E-state index contributed by atoms with van der Waals surface area (Å²) in [6, 6.07) is 0.344. The van der Waals surface area contributed by atoms with Crippen molar-refractivity contribution in [1.82, 2.24) is 4.90 Å². The van der Waals surface area contributed by atoms with E-state index in [1.54, 1.807) is 7.11 Å². The Bertz CT molecular complexity index is 181. The van der Waals surface area contributed by atoms with Crippen LogP contribution in [-0.4, -0.2) is 50.4 Å². The highest BCUT2D eigenvalue weighted by Gasteiger charge is 2.21. The SMILES string of the molecule is COCCN(C(=N)N)C1CCOCC1. The van der Waals surface area contributed by atoms with Gasteiger partial charge in [-0.25, -0.2) is 0 Å². The molecule has 1 aliphatic heterocycles. The van der Waals surface area contributed by atoms with Crippen LogP contribution in [-0.2, 0) is 9.47 Å². The lowest BCUT2D eigenvalue weighted by Gasteiger charge is -2.34. The van der Waals surface area contributed by atoms with Crippen molar-refractivity contribution >= 4 is 5.96 Å². The van der Waals surface area contributed by atoms with E-state index in [1.807, 2.05) is 4.90 Å². The number of guanidine groups is 1. The maximum atomic E-state index is 7.47. The number of hydrogen-bond donors (Lipinski definition) is 2. The molecule has 3 N–H and O–H groups in total. The Morgan fingerprint density at radius 3 is 2.71 bits per heavy atom. The molecule has 0 unspecified atom stereocenters. The van der Waals surface area contributed by atoms with Gasteiger partial charge in [0, 0.05) is 32.9 Å². The zero-order valence-electron chi connectivity index (χ0n) is 8.66. The normalized spacial score (nSPS) is 18.1. The molecule has 1 heterocycles. The molecule has 0 aromatic heterocycles. The van der Waals surface area contributed by atoms with Crippen molar-refractivity contribution in [2.45, 2.75) is 18.9 Å². The first-order valence-corrected chi connectivity index (χ1v) is 4.93. The van der Waals surface area contributed by atoms with Crippen LogP contribution in [0.15, 0.2) is 0 Å². The number of ether oxygens (including phenoxy) is 2. The highest BCUT2D eigenvalue weighted by atomic mass is 16.5. The van der Waals surface area contributed by atoms with E-state index < -0.39 is 0 Å². The lowest BCUT2D eigenvalue weighted by atomic mass is 10.1. The average molecular weight is 201 g/mol. The molecule has 0 saturated carbocycles. The molecule has 0 radical (unpaired) electrons. The zero-order chi connectivity index (χ0) is 10.4. The van der Waals surface area contributed by atoms with Gasteiger partial charge < -0.3 is 20.1 Å². The summed E-state index contributed by atoms with van der Waals surface area (Å²) in [5.41, 5.74) is 5.52. The Labute approximate surface area is 84.7 Å². The lowest BCUT2D eigenvalue weighted by molar-refractivity contribution is 0.0481. The van der Waals surface area contributed by atoms with Crippen molar-refractivity contribution in [3.8, 4) is 0 Å². The van der Waals surface area contributed by atoms with E-state index in [0.717, 1.165) is 26.1 Å². The molecule has 0 spiro atoms. The summed E-state index contributed by atoms with van der Waals surface area (Å²) in [6.07, 6.45) is 1.90. The predicted molar refractivity (Wildman–Crippen MR) is 54.3 cm³/mol. The summed E-state index contributed by atoms with van der Waals surface area (Å²) in [4.78, 5) is 1.89. The minimum absolute atomic E-state index is 0.133. The second kappa shape index (κ2) is 5.82. The van der Waals surface area contributed by atoms with Gasteiger partial charge in [-0.05, 0) is 12.8 Å². The smallest absolute Gasteiger partial charge is 0.188 e. The molecule has 1 saturated heterocycles. The fourth-order valence-electron chi connectivity index (χ4n) is 1.69. The molecule has 0 amide bonds. The predicted octanol–water partition coefficient (Wildman–Crippen LogP) is 0.00727. The van der Waals surface area contributed by atoms with Gasteiger partial charge in [0.15, 0.2) is 5.96 Å². The molecule has 5 nitrogen and oxygen atoms in total. The molecular formula is C9H19N3O2. The molecule has 1 aliphatic rings. The summed E-state index contributed by atoms with van der Waals surface area (Å²) in [5, 5.41) is 7.47. The van der Waals surface area contributed by atoms with E-state index >= 15 is 0 Å². The Morgan fingerprint density at radius 1 is 1.57 bits per heavy atom. The maximum Gasteiger partial charge on any atom is 0.188 e. The zero-order valence-corrected chi connectivity index (χ0v) is 8.66. The molecule has 0 aromatic carbocycles. The molecule has 0 aromatic rings. The van der Waals surface area contributed by atoms with E-state index in [9.17, 15) is 0 Å². The van der Waals surface area contributed by atoms with Gasteiger partial charge in [0.1, 0.15) is 0 Å². The number of rotatable bonds is 4. The summed E-state index contributed by atoms with van der Waals surface area (Å²) < 4.78 is 10.3. The summed E-state index contributed by atoms with van der Waals surface area (Å²) in [7, 11) is 1.66. The van der Waals surface area contributed by atoms with Gasteiger partial charge in [-0.2, -0.15) is 0 Å². The van der Waals surface area contributed by atoms with Crippen LogP contribution in [0.2, 0.25) is 0 Å². The maximum absolute atomic E-state index is 7.47. The van der Waals surface area contributed by atoms with Crippen LogP contribution >= 0.6 is 0 Å². The van der Waals surface area contributed by atoms with Gasteiger partial charge in [-0.3, -0.25) is 5.41 Å². The van der Waals surface area contributed by atoms with Crippen LogP contribution in [0, 0.1) is 5.41 Å². The molecule has 5 heteroatoms. The van der Waals surface area contributed by atoms with Crippen molar-refractivity contribution in [3.63, 3.8) is 0 Å². The van der Waals surface area contributed by atoms with E-state index in [0.29, 0.717) is 19.2 Å². The largest absolute Gasteiger partial charge is 0.383 e. The second-order valence-electron chi connectivity index (χ2n) is 3.41. The Hall–Kier alpha value is -0.810. The van der Waals surface area contributed by atoms with Gasteiger partial charge in [-0.1, -0.05) is 0 Å². The van der Waals surface area contributed by atoms with Crippen LogP contribution in [0.25, 0.3) is 0 Å². The first kappa shape index (κ1) is 11.3. The summed E-state index contributed by atoms with van der Waals surface area (Å²) in [5.74, 6) is 0.133. The third kappa shape index (κ3) is 3.16. The number of nitrogens with zero attached hydrogens (tertiary/aromatic N) is 1. The van der Waals surface area contributed by atoms with Crippen molar-refractivity contribution in [2.24, 2.45) is 5.73 Å². The van der Waals surface area contributed by atoms with Crippen molar-refractivity contribution in [2.75, 3.05) is 33.5 Å². The number of nitrogens with one attached hydrogen (secondary N) is 1. The van der Waals surface area contributed by atoms with Crippen LogP contribution in [0.4, 0.5) is 0 Å². The van der Waals surface area contributed by atoms with Gasteiger partial charge >= 0.3 is 0 Å². The van der Waals surface area contributed by atoms with Crippen molar-refractivity contribution < 1.29 is 9.47 Å². The quantitative estimate of drug-likeness (QED) is 0.496. The standard InChI is InChI=1S/C9H19N3O2/c1-13-7-4-12(9(10)11)8-2-5-14-6-3-8/h8H,2-7H2,1H3,(H3,10,11). The average Bonchev–Trinajstić information content (AvgIpc) is 2.19. The molecule has 0 aliphatic carbocycles. The fraction of sp³-hybridized carbons (Fsp3) is 0.889. The van der Waals surface area contributed by atoms with E-state index in [2.05, 4.69) is 0 Å². The number of methoxy groups -OCH3 is 1. The molecule has 0 atom stereocenters. The minimum atomic E-state index is 0.133. The van der Waals surface area contributed by atoms with Gasteiger partial charge in [0.25, 0.3) is 0 Å². The fourth-order valence-corrected chi connectivity index (χ4v) is 1.69. The van der Waals surface area contributed by atoms with Crippen LogP contribution in [0.1, 0.15) is 12.8 Å². The van der Waals surface area contributed by atoms with Crippen LogP contribution < -0.4 is 5.73 Å². The van der Waals surface area contributed by atoms with Gasteiger partial charge in [0.2, 0.25) is 0 Å². The Morgan fingerprint density at radius 2 is 2.21 bits per heavy atom. The molecule has 1 rings (SSSR count). The monoisotopic (exact) mass is 201 g/mol. The van der Waals surface area contributed by atoms with Crippen LogP contribution in [0.3, 0.4) is 0 Å². The minimum Gasteiger partial charge on any atom is -0.383 e. The van der Waals surface area contributed by atoms with E-state index in [-0.39, 0.29) is 5.96 Å². The summed E-state index contributed by atoms with van der Waals surface area (Å²) >= 11 is 0. The number of nitrogens with two attached hydrogens (primary N) is 1. The highest BCUT2D eigenvalue weighted by Crippen LogP contribution is 2.13. The van der Waals surface area contributed by atoms with Crippen molar-refractivity contribution in [1.29, 1.82) is 5.41 Å². The molecular weight excluding hydrogens is 182 g/mol. The topological polar surface area (TPSA) is 71.6 Å². The lowest BCUT2D eigenvalue weighted by Crippen LogP contribution is -2.47. The first-order valence-electron chi connectivity index (χ1n) is 4.93. The molecule has 0 bridgehead atoms. The van der Waals surface area contributed by atoms with Gasteiger partial charge in [0.05, 0.1) is 6.61 Å². The molecule has 14 heavy (non-hydrogen) atoms. The van der Waals surface area contributed by atoms with Gasteiger partial charge in [-0.15, -0.1) is 0 Å². The van der Waals surface area contributed by atoms with Crippen molar-refractivity contribution in [3.05, 3.63) is 0 Å². The second-order valence-corrected chi connectivity index (χ2v) is 3.41. The first-order chi connectivity index (χ1) is 6.75. The third-order valence-electron chi connectivity index (χ3n) is 2.48. The van der Waals surface area contributed by atoms with Crippen LogP contribution in [0.5, 0.6) is 0 Å². The Kier molecular flexibility index (Phi) is 4.69. The number of hydrogen-bond acceptors (Lipinski definition) is 3. The van der Waals surface area contributed by atoms with E-state index in [1.165, 1.54) is 0 Å². The molecule has 82 valence electrons. The summed E-state index contributed by atoms with van der Waals surface area (Å²) in [6.45, 7) is 2.83. The molecule has 1 fully saturated rings. The van der Waals surface area contributed by atoms with E-state index in [4.69, 9.17) is 20.6 Å². The highest BCUT2D eigenvalue weighted by molar-refractivity contribution is 5.74. The third-order valence-corrected chi connectivity index (χ3v) is 2.48.